The Bertz CT molecular complexity index is 343. The van der Waals surface area contributed by atoms with Crippen LogP contribution in [0.2, 0.25) is 0 Å². The average Bonchev–Trinajstić information content (AvgIpc) is 2.86. The highest BCUT2D eigenvalue weighted by atomic mass is 16.2. The second kappa shape index (κ2) is 6.44. The van der Waals surface area contributed by atoms with Gasteiger partial charge in [0.1, 0.15) is 0 Å². The molecular formula is C16H31N3O. The molecule has 0 spiro atoms. The number of likely N-dealkylation sites (tertiary alicyclic amines) is 1. The summed E-state index contributed by atoms with van der Waals surface area (Å²) in [5.74, 6) is 0.992. The van der Waals surface area contributed by atoms with Gasteiger partial charge in [0.2, 0.25) is 5.91 Å². The van der Waals surface area contributed by atoms with Gasteiger partial charge in [-0.25, -0.2) is 0 Å². The highest BCUT2D eigenvalue weighted by Gasteiger charge is 2.41. The van der Waals surface area contributed by atoms with Gasteiger partial charge in [0.05, 0.1) is 5.92 Å². The quantitative estimate of drug-likeness (QED) is 0.853. The maximum atomic E-state index is 12.7. The van der Waals surface area contributed by atoms with Crippen LogP contribution in [-0.2, 0) is 4.79 Å². The lowest BCUT2D eigenvalue weighted by molar-refractivity contribution is -0.138. The number of nitrogens with zero attached hydrogens (tertiary/aromatic N) is 2. The fraction of sp³-hybridized carbons (Fsp3) is 0.938. The standard InChI is InChI=1S/C16H31N3O/c1-4-18(3)11-13-8-10-19(12-13)15(20)14-7-5-6-9-16(14,2)17/h13-14H,4-12,17H2,1-3H3. The van der Waals surface area contributed by atoms with Crippen molar-refractivity contribution >= 4 is 5.91 Å². The minimum absolute atomic E-state index is 0.0407. The Kier molecular flexibility index (Phi) is 5.08. The van der Waals surface area contributed by atoms with Crippen LogP contribution in [0.4, 0.5) is 0 Å². The van der Waals surface area contributed by atoms with E-state index in [-0.39, 0.29) is 11.5 Å². The second-order valence-corrected chi connectivity index (χ2v) is 7.10. The first-order valence-corrected chi connectivity index (χ1v) is 8.20. The normalized spacial score (nSPS) is 34.8. The van der Waals surface area contributed by atoms with Crippen molar-refractivity contribution in [2.45, 2.75) is 51.5 Å². The highest BCUT2D eigenvalue weighted by molar-refractivity contribution is 5.80. The number of hydrogen-bond acceptors (Lipinski definition) is 3. The molecule has 0 bridgehead atoms. The molecule has 4 heteroatoms. The summed E-state index contributed by atoms with van der Waals surface area (Å²) >= 11 is 0. The maximum absolute atomic E-state index is 12.7. The van der Waals surface area contributed by atoms with E-state index in [0.29, 0.717) is 11.8 Å². The topological polar surface area (TPSA) is 49.6 Å². The van der Waals surface area contributed by atoms with Crippen LogP contribution in [0.1, 0.15) is 46.0 Å². The van der Waals surface area contributed by atoms with E-state index in [1.807, 2.05) is 0 Å². The molecule has 2 fully saturated rings. The summed E-state index contributed by atoms with van der Waals surface area (Å²) in [4.78, 5) is 17.2. The van der Waals surface area contributed by atoms with E-state index in [9.17, 15) is 4.79 Å². The monoisotopic (exact) mass is 281 g/mol. The van der Waals surface area contributed by atoms with Crippen LogP contribution in [0, 0.1) is 11.8 Å². The number of hydrogen-bond donors (Lipinski definition) is 1. The first-order valence-electron chi connectivity index (χ1n) is 8.20. The number of carbonyl (C=O) groups is 1. The van der Waals surface area contributed by atoms with Gasteiger partial charge < -0.3 is 15.5 Å². The fourth-order valence-corrected chi connectivity index (χ4v) is 3.74. The molecule has 0 aromatic heterocycles. The molecule has 1 heterocycles. The number of nitrogens with two attached hydrogens (primary N) is 1. The van der Waals surface area contributed by atoms with Gasteiger partial charge in [0.25, 0.3) is 0 Å². The van der Waals surface area contributed by atoms with E-state index in [2.05, 4.69) is 30.7 Å². The average molecular weight is 281 g/mol. The van der Waals surface area contributed by atoms with Gasteiger partial charge in [0.15, 0.2) is 0 Å². The molecule has 2 aliphatic rings. The summed E-state index contributed by atoms with van der Waals surface area (Å²) in [6.45, 7) is 8.27. The van der Waals surface area contributed by atoms with Gasteiger partial charge in [-0.2, -0.15) is 0 Å². The lowest BCUT2D eigenvalue weighted by Crippen LogP contribution is -2.53. The predicted molar refractivity (Wildman–Crippen MR) is 82.4 cm³/mol. The van der Waals surface area contributed by atoms with E-state index in [0.717, 1.165) is 51.9 Å². The van der Waals surface area contributed by atoms with Gasteiger partial charge in [-0.1, -0.05) is 19.8 Å². The molecule has 3 atom stereocenters. The second-order valence-electron chi connectivity index (χ2n) is 7.10. The molecule has 116 valence electrons. The third-order valence-corrected chi connectivity index (χ3v) is 5.26. The fourth-order valence-electron chi connectivity index (χ4n) is 3.74. The lowest BCUT2D eigenvalue weighted by atomic mass is 9.74. The largest absolute Gasteiger partial charge is 0.342 e. The van der Waals surface area contributed by atoms with E-state index >= 15 is 0 Å². The molecule has 1 aliphatic heterocycles. The lowest BCUT2D eigenvalue weighted by Gasteiger charge is -2.39. The summed E-state index contributed by atoms with van der Waals surface area (Å²) in [7, 11) is 2.16. The Hall–Kier alpha value is -0.610. The van der Waals surface area contributed by atoms with E-state index in [1.54, 1.807) is 0 Å². The van der Waals surface area contributed by atoms with Crippen molar-refractivity contribution in [1.29, 1.82) is 0 Å². The van der Waals surface area contributed by atoms with E-state index in [1.165, 1.54) is 6.42 Å². The molecule has 1 saturated heterocycles. The first kappa shape index (κ1) is 15.8. The SMILES string of the molecule is CCN(C)CC1CCN(C(=O)C2CCCCC2(C)N)C1. The molecule has 2 N–H and O–H groups in total. The minimum Gasteiger partial charge on any atom is -0.342 e. The van der Waals surface area contributed by atoms with Crippen LogP contribution in [0.25, 0.3) is 0 Å². The van der Waals surface area contributed by atoms with Gasteiger partial charge >= 0.3 is 0 Å². The summed E-state index contributed by atoms with van der Waals surface area (Å²) in [6, 6.07) is 0. The molecule has 1 saturated carbocycles. The molecule has 0 radical (unpaired) electrons. The minimum atomic E-state index is -0.298. The Morgan fingerprint density at radius 1 is 1.40 bits per heavy atom. The highest BCUT2D eigenvalue weighted by Crippen LogP contribution is 2.34. The van der Waals surface area contributed by atoms with Crippen molar-refractivity contribution in [1.82, 2.24) is 9.80 Å². The third-order valence-electron chi connectivity index (χ3n) is 5.26. The Balaban J connectivity index is 1.90. The van der Waals surface area contributed by atoms with Crippen LogP contribution in [-0.4, -0.2) is 54.5 Å². The summed E-state index contributed by atoms with van der Waals surface area (Å²) < 4.78 is 0. The summed E-state index contributed by atoms with van der Waals surface area (Å²) in [5.41, 5.74) is 6.07. The Morgan fingerprint density at radius 2 is 2.15 bits per heavy atom. The molecule has 1 aliphatic carbocycles. The van der Waals surface area contributed by atoms with E-state index < -0.39 is 0 Å². The molecule has 0 aromatic carbocycles. The zero-order valence-corrected chi connectivity index (χ0v) is 13.4. The zero-order chi connectivity index (χ0) is 14.8. The molecule has 4 nitrogen and oxygen atoms in total. The van der Waals surface area contributed by atoms with Crippen LogP contribution in [0.5, 0.6) is 0 Å². The smallest absolute Gasteiger partial charge is 0.227 e. The Morgan fingerprint density at radius 3 is 2.80 bits per heavy atom. The molecule has 1 amide bonds. The number of carbonyl (C=O) groups excluding carboxylic acids is 1. The molecule has 3 unspecified atom stereocenters. The van der Waals surface area contributed by atoms with Crippen molar-refractivity contribution in [3.05, 3.63) is 0 Å². The van der Waals surface area contributed by atoms with Gasteiger partial charge in [-0.15, -0.1) is 0 Å². The molecular weight excluding hydrogens is 250 g/mol. The van der Waals surface area contributed by atoms with Gasteiger partial charge in [-0.3, -0.25) is 4.79 Å². The Labute approximate surface area is 123 Å². The summed E-state index contributed by atoms with van der Waals surface area (Å²) in [6.07, 6.45) is 5.42. The van der Waals surface area contributed by atoms with Crippen molar-refractivity contribution in [3.63, 3.8) is 0 Å². The van der Waals surface area contributed by atoms with Gasteiger partial charge in [-0.05, 0) is 45.7 Å². The zero-order valence-electron chi connectivity index (χ0n) is 13.4. The van der Waals surface area contributed by atoms with E-state index in [4.69, 9.17) is 5.73 Å². The van der Waals surface area contributed by atoms with Crippen molar-refractivity contribution in [2.24, 2.45) is 17.6 Å². The third kappa shape index (κ3) is 3.53. The number of amides is 1. The van der Waals surface area contributed by atoms with Crippen molar-refractivity contribution < 1.29 is 4.79 Å². The maximum Gasteiger partial charge on any atom is 0.227 e. The van der Waals surface area contributed by atoms with Crippen LogP contribution >= 0.6 is 0 Å². The van der Waals surface area contributed by atoms with Crippen LogP contribution in [0.3, 0.4) is 0 Å². The van der Waals surface area contributed by atoms with Crippen LogP contribution in [0.15, 0.2) is 0 Å². The van der Waals surface area contributed by atoms with Crippen molar-refractivity contribution in [3.8, 4) is 0 Å². The summed E-state index contributed by atoms with van der Waals surface area (Å²) in [5, 5.41) is 0. The molecule has 20 heavy (non-hydrogen) atoms. The van der Waals surface area contributed by atoms with Crippen molar-refractivity contribution in [2.75, 3.05) is 33.2 Å². The molecule has 2 rings (SSSR count). The predicted octanol–water partition coefficient (Wildman–Crippen LogP) is 1.69. The molecule has 0 aromatic rings. The first-order chi connectivity index (χ1) is 9.44. The number of rotatable bonds is 4. The van der Waals surface area contributed by atoms with Gasteiger partial charge in [0, 0.05) is 25.2 Å². The van der Waals surface area contributed by atoms with Crippen LogP contribution < -0.4 is 5.73 Å².